The zero-order valence-electron chi connectivity index (χ0n) is 19.3. The molecule has 2 aliphatic heterocycles. The van der Waals surface area contributed by atoms with Crippen LogP contribution in [0, 0.1) is 5.92 Å². The molecule has 3 aromatic rings. The molecule has 0 saturated carbocycles. The number of anilines is 1. The van der Waals surface area contributed by atoms with Crippen molar-refractivity contribution < 1.29 is 19.4 Å². The molecule has 5 rings (SSSR count). The third-order valence-corrected chi connectivity index (χ3v) is 6.98. The maximum atomic E-state index is 11.4. The van der Waals surface area contributed by atoms with E-state index >= 15 is 0 Å². The van der Waals surface area contributed by atoms with Gasteiger partial charge in [-0.1, -0.05) is 24.3 Å². The van der Waals surface area contributed by atoms with E-state index in [0.717, 1.165) is 39.1 Å². The summed E-state index contributed by atoms with van der Waals surface area (Å²) in [5.74, 6) is 1.28. The number of hydrogen-bond donors (Lipinski definition) is 1. The summed E-state index contributed by atoms with van der Waals surface area (Å²) in [5, 5.41) is 17.2. The van der Waals surface area contributed by atoms with Crippen molar-refractivity contribution in [2.45, 2.75) is 25.2 Å². The van der Waals surface area contributed by atoms with Crippen molar-refractivity contribution in [1.82, 2.24) is 10.2 Å². The van der Waals surface area contributed by atoms with Gasteiger partial charge in [-0.25, -0.2) is 0 Å². The summed E-state index contributed by atoms with van der Waals surface area (Å²) in [4.78, 5) is 13.7. The second-order valence-electron chi connectivity index (χ2n) is 9.13. The number of Topliss-reactive ketones (excluding diaryl/α,β-unsaturated/α-hetero) is 1. The zero-order valence-corrected chi connectivity index (χ0v) is 19.3. The lowest BCUT2D eigenvalue weighted by Gasteiger charge is -2.41. The quantitative estimate of drug-likeness (QED) is 0.535. The first-order chi connectivity index (χ1) is 16.6. The Labute approximate surface area is 199 Å². The van der Waals surface area contributed by atoms with Gasteiger partial charge in [-0.3, -0.25) is 4.79 Å². The van der Waals surface area contributed by atoms with Crippen LogP contribution in [0.2, 0.25) is 0 Å². The summed E-state index contributed by atoms with van der Waals surface area (Å²) in [6, 6.07) is 20.3. The van der Waals surface area contributed by atoms with Gasteiger partial charge in [-0.15, -0.1) is 10.2 Å². The number of rotatable bonds is 7. The molecule has 7 heteroatoms. The summed E-state index contributed by atoms with van der Waals surface area (Å²) in [7, 11) is 0. The molecular formula is C27H29N3O4. The minimum atomic E-state index is -0.127. The Balaban J connectivity index is 1.35. The zero-order chi connectivity index (χ0) is 23.5. The third kappa shape index (κ3) is 4.41. The molecular weight excluding hydrogens is 430 g/mol. The SMILES string of the molecule is CC(=O)c1ccc(Oc2ccc(C3(c4ccc(N5CC(CO)C5)cc4)CCOCC3)cc2)nn1. The number of hydrogen-bond acceptors (Lipinski definition) is 7. The van der Waals surface area contributed by atoms with Crippen LogP contribution in [0.3, 0.4) is 0 Å². The fourth-order valence-corrected chi connectivity index (χ4v) is 4.88. The second kappa shape index (κ2) is 9.52. The Hall–Kier alpha value is -3.29. The summed E-state index contributed by atoms with van der Waals surface area (Å²) in [6.45, 7) is 5.00. The third-order valence-electron chi connectivity index (χ3n) is 6.98. The molecule has 0 unspecified atom stereocenters. The van der Waals surface area contributed by atoms with E-state index in [-0.39, 0.29) is 17.8 Å². The van der Waals surface area contributed by atoms with Gasteiger partial charge < -0.3 is 19.5 Å². The highest BCUT2D eigenvalue weighted by Crippen LogP contribution is 2.42. The van der Waals surface area contributed by atoms with Gasteiger partial charge in [0.15, 0.2) is 5.78 Å². The molecule has 2 fully saturated rings. The van der Waals surface area contributed by atoms with Crippen molar-refractivity contribution in [3.63, 3.8) is 0 Å². The molecule has 0 bridgehead atoms. The molecule has 0 atom stereocenters. The molecule has 0 amide bonds. The van der Waals surface area contributed by atoms with Crippen LogP contribution in [0.5, 0.6) is 11.6 Å². The normalized spacial score (nSPS) is 17.8. The fourth-order valence-electron chi connectivity index (χ4n) is 4.88. The largest absolute Gasteiger partial charge is 0.438 e. The van der Waals surface area contributed by atoms with Gasteiger partial charge in [0.25, 0.3) is 0 Å². The van der Waals surface area contributed by atoms with E-state index in [1.165, 1.54) is 23.7 Å². The second-order valence-corrected chi connectivity index (χ2v) is 9.13. The lowest BCUT2D eigenvalue weighted by atomic mass is 9.69. The minimum Gasteiger partial charge on any atom is -0.438 e. The lowest BCUT2D eigenvalue weighted by Crippen LogP contribution is -2.48. The first-order valence-corrected chi connectivity index (χ1v) is 11.7. The number of carbonyl (C=O) groups excluding carboxylic acids is 1. The molecule has 0 spiro atoms. The van der Waals surface area contributed by atoms with E-state index in [2.05, 4.69) is 51.5 Å². The Kier molecular flexibility index (Phi) is 6.30. The van der Waals surface area contributed by atoms with E-state index in [1.54, 1.807) is 12.1 Å². The van der Waals surface area contributed by atoms with Crippen molar-refractivity contribution in [3.05, 3.63) is 77.5 Å². The van der Waals surface area contributed by atoms with Crippen LogP contribution in [-0.4, -0.2) is 54.0 Å². The number of aromatic nitrogens is 2. The highest BCUT2D eigenvalue weighted by atomic mass is 16.5. The summed E-state index contributed by atoms with van der Waals surface area (Å²) in [6.07, 6.45) is 1.83. The molecule has 176 valence electrons. The van der Waals surface area contributed by atoms with E-state index in [1.807, 2.05) is 12.1 Å². The molecule has 2 aromatic carbocycles. The smallest absolute Gasteiger partial charge is 0.238 e. The number of benzene rings is 2. The van der Waals surface area contributed by atoms with E-state index in [9.17, 15) is 9.90 Å². The molecule has 0 radical (unpaired) electrons. The molecule has 1 aromatic heterocycles. The molecule has 2 aliphatic rings. The fraction of sp³-hybridized carbons (Fsp3) is 0.370. The average Bonchev–Trinajstić information content (AvgIpc) is 2.85. The van der Waals surface area contributed by atoms with Crippen LogP contribution in [0.15, 0.2) is 60.7 Å². The van der Waals surface area contributed by atoms with Crippen LogP contribution >= 0.6 is 0 Å². The van der Waals surface area contributed by atoms with Crippen molar-refractivity contribution in [2.24, 2.45) is 5.92 Å². The molecule has 2 saturated heterocycles. The molecule has 3 heterocycles. The van der Waals surface area contributed by atoms with Crippen molar-refractivity contribution >= 4 is 11.5 Å². The summed E-state index contributed by atoms with van der Waals surface area (Å²) < 4.78 is 11.6. The van der Waals surface area contributed by atoms with Gasteiger partial charge in [0.05, 0.1) is 0 Å². The van der Waals surface area contributed by atoms with Crippen LogP contribution in [0.1, 0.15) is 41.4 Å². The molecule has 7 nitrogen and oxygen atoms in total. The number of ether oxygens (including phenoxy) is 2. The lowest BCUT2D eigenvalue weighted by molar-refractivity contribution is 0.0631. The van der Waals surface area contributed by atoms with Crippen LogP contribution in [0.25, 0.3) is 0 Å². The standard InChI is InChI=1S/C27H29N3O4/c1-19(32)25-10-11-26(29-28-25)34-24-8-4-22(5-9-24)27(12-14-33-15-13-27)21-2-6-23(7-3-21)30-16-20(17-30)18-31/h2-11,20,31H,12-18H2,1H3. The topological polar surface area (TPSA) is 84.8 Å². The Bertz CT molecular complexity index is 1120. The monoisotopic (exact) mass is 459 g/mol. The highest BCUT2D eigenvalue weighted by molar-refractivity contribution is 5.91. The maximum Gasteiger partial charge on any atom is 0.238 e. The van der Waals surface area contributed by atoms with Gasteiger partial charge in [0.1, 0.15) is 11.4 Å². The first kappa shape index (κ1) is 22.5. The predicted octanol–water partition coefficient (Wildman–Crippen LogP) is 4.00. The van der Waals surface area contributed by atoms with E-state index in [4.69, 9.17) is 9.47 Å². The highest BCUT2D eigenvalue weighted by Gasteiger charge is 2.36. The van der Waals surface area contributed by atoms with Crippen LogP contribution < -0.4 is 9.64 Å². The van der Waals surface area contributed by atoms with Gasteiger partial charge in [-0.2, -0.15) is 0 Å². The Morgan fingerprint density at radius 3 is 2.21 bits per heavy atom. The van der Waals surface area contributed by atoms with Crippen LogP contribution in [0.4, 0.5) is 5.69 Å². The number of aliphatic hydroxyl groups is 1. The number of carbonyl (C=O) groups is 1. The van der Waals surface area contributed by atoms with Gasteiger partial charge in [0.2, 0.25) is 5.88 Å². The van der Waals surface area contributed by atoms with Crippen molar-refractivity contribution in [1.29, 1.82) is 0 Å². The summed E-state index contributed by atoms with van der Waals surface area (Å²) >= 11 is 0. The molecule has 1 N–H and O–H groups in total. The van der Waals surface area contributed by atoms with Gasteiger partial charge >= 0.3 is 0 Å². The van der Waals surface area contributed by atoms with Gasteiger partial charge in [0, 0.05) is 62.9 Å². The predicted molar refractivity (Wildman–Crippen MR) is 129 cm³/mol. The number of ketones is 1. The molecule has 34 heavy (non-hydrogen) atoms. The first-order valence-electron chi connectivity index (χ1n) is 11.7. The Morgan fingerprint density at radius 2 is 1.65 bits per heavy atom. The van der Waals surface area contributed by atoms with Crippen molar-refractivity contribution in [2.75, 3.05) is 37.8 Å². The maximum absolute atomic E-state index is 11.4. The van der Waals surface area contributed by atoms with E-state index in [0.29, 0.717) is 23.2 Å². The van der Waals surface area contributed by atoms with Crippen LogP contribution in [-0.2, 0) is 10.2 Å². The van der Waals surface area contributed by atoms with Gasteiger partial charge in [-0.05, 0) is 54.3 Å². The van der Waals surface area contributed by atoms with E-state index < -0.39 is 0 Å². The van der Waals surface area contributed by atoms with Crippen molar-refractivity contribution in [3.8, 4) is 11.6 Å². The number of aliphatic hydroxyl groups excluding tert-OH is 1. The Morgan fingerprint density at radius 1 is 1.00 bits per heavy atom. The number of nitrogens with zero attached hydrogens (tertiary/aromatic N) is 3. The minimum absolute atomic E-state index is 0.110. The molecule has 0 aliphatic carbocycles. The average molecular weight is 460 g/mol. The summed E-state index contributed by atoms with van der Waals surface area (Å²) in [5.41, 5.74) is 3.94.